The molecule has 0 atom stereocenters. The number of aromatic amines is 1. The predicted molar refractivity (Wildman–Crippen MR) is 92.5 cm³/mol. The molecule has 1 fully saturated rings. The van der Waals surface area contributed by atoms with E-state index in [2.05, 4.69) is 28.9 Å². The molecule has 0 spiro atoms. The third-order valence-corrected chi connectivity index (χ3v) is 4.84. The summed E-state index contributed by atoms with van der Waals surface area (Å²) in [6, 6.07) is 4.18. The molecule has 2 heterocycles. The molecule has 1 saturated heterocycles. The lowest BCUT2D eigenvalue weighted by Crippen LogP contribution is -2.28. The fourth-order valence-corrected chi connectivity index (χ4v) is 3.67. The van der Waals surface area contributed by atoms with Gasteiger partial charge in [-0.3, -0.25) is 9.69 Å². The van der Waals surface area contributed by atoms with Crippen molar-refractivity contribution in [3.63, 3.8) is 0 Å². The summed E-state index contributed by atoms with van der Waals surface area (Å²) in [6.07, 6.45) is 5.15. The molecule has 0 amide bonds. The lowest BCUT2D eigenvalue weighted by atomic mass is 10.0. The molecular weight excluding hydrogens is 272 g/mol. The second kappa shape index (κ2) is 6.25. The Hall–Kier alpha value is -1.61. The van der Waals surface area contributed by atoms with Gasteiger partial charge in [-0.15, -0.1) is 0 Å². The molecule has 0 aliphatic carbocycles. The first kappa shape index (κ1) is 15.3. The van der Waals surface area contributed by atoms with Crippen LogP contribution in [0.25, 0.3) is 10.9 Å². The van der Waals surface area contributed by atoms with Gasteiger partial charge in [-0.2, -0.15) is 0 Å². The van der Waals surface area contributed by atoms with E-state index in [4.69, 9.17) is 0 Å². The number of hydrogen-bond donors (Lipinski definition) is 1. The van der Waals surface area contributed by atoms with Crippen LogP contribution in [0, 0.1) is 20.8 Å². The minimum Gasteiger partial charge on any atom is -0.358 e. The van der Waals surface area contributed by atoms with Crippen LogP contribution >= 0.6 is 0 Å². The molecule has 2 aromatic rings. The average molecular weight is 298 g/mol. The third-order valence-electron chi connectivity index (χ3n) is 4.84. The van der Waals surface area contributed by atoms with E-state index < -0.39 is 0 Å². The summed E-state index contributed by atoms with van der Waals surface area (Å²) in [7, 11) is 0. The van der Waals surface area contributed by atoms with Gasteiger partial charge in [0, 0.05) is 23.2 Å². The Morgan fingerprint density at radius 1 is 1.05 bits per heavy atom. The fourth-order valence-electron chi connectivity index (χ4n) is 3.67. The lowest BCUT2D eigenvalue weighted by Gasteiger charge is -2.21. The number of aryl methyl sites for hydroxylation is 3. The maximum Gasteiger partial charge on any atom is 0.194 e. The summed E-state index contributed by atoms with van der Waals surface area (Å²) in [5, 5.41) is 0.862. The van der Waals surface area contributed by atoms with Crippen LogP contribution in [0.15, 0.2) is 16.9 Å². The standard InChI is InChI=1S/C19H26N2O/c1-13-10-14(2)18-17(11-13)20-15(3)16(19(18)22)12-21-8-6-4-5-7-9-21/h10-11H,4-9,12H2,1-3H3,(H,20,22). The number of hydrogen-bond acceptors (Lipinski definition) is 2. The van der Waals surface area contributed by atoms with Crippen LogP contribution in [-0.4, -0.2) is 23.0 Å². The number of likely N-dealkylation sites (tertiary alicyclic amines) is 1. The van der Waals surface area contributed by atoms with Gasteiger partial charge < -0.3 is 4.98 Å². The van der Waals surface area contributed by atoms with E-state index in [0.717, 1.165) is 47.4 Å². The van der Waals surface area contributed by atoms with Crippen molar-refractivity contribution >= 4 is 10.9 Å². The van der Waals surface area contributed by atoms with Gasteiger partial charge in [0.1, 0.15) is 0 Å². The quantitative estimate of drug-likeness (QED) is 0.914. The summed E-state index contributed by atoms with van der Waals surface area (Å²) in [6.45, 7) is 9.16. The highest BCUT2D eigenvalue weighted by atomic mass is 16.1. The predicted octanol–water partition coefficient (Wildman–Crippen LogP) is 3.83. The first-order valence-electron chi connectivity index (χ1n) is 8.41. The summed E-state index contributed by atoms with van der Waals surface area (Å²) >= 11 is 0. The van der Waals surface area contributed by atoms with E-state index >= 15 is 0 Å². The van der Waals surface area contributed by atoms with Gasteiger partial charge in [-0.25, -0.2) is 0 Å². The Bertz CT molecular complexity index is 737. The number of aromatic nitrogens is 1. The van der Waals surface area contributed by atoms with Gasteiger partial charge in [0.25, 0.3) is 0 Å². The van der Waals surface area contributed by atoms with Gasteiger partial charge in [-0.1, -0.05) is 18.9 Å². The van der Waals surface area contributed by atoms with E-state index in [1.54, 1.807) is 0 Å². The van der Waals surface area contributed by atoms with Crippen LogP contribution in [0.3, 0.4) is 0 Å². The zero-order valence-electron chi connectivity index (χ0n) is 14.0. The Balaban J connectivity index is 2.04. The molecule has 3 rings (SSSR count). The summed E-state index contributed by atoms with van der Waals surface area (Å²) in [4.78, 5) is 18.9. The highest BCUT2D eigenvalue weighted by Crippen LogP contribution is 2.19. The number of pyridine rings is 1. The number of H-pyrrole nitrogens is 1. The first-order valence-corrected chi connectivity index (χ1v) is 8.41. The summed E-state index contributed by atoms with van der Waals surface area (Å²) in [5.41, 5.74) is 5.43. The van der Waals surface area contributed by atoms with E-state index in [1.807, 2.05) is 13.8 Å². The monoisotopic (exact) mass is 298 g/mol. The minimum absolute atomic E-state index is 0.216. The van der Waals surface area contributed by atoms with Crippen LogP contribution in [0.1, 0.15) is 48.1 Å². The second-order valence-electron chi connectivity index (χ2n) is 6.75. The number of nitrogens with zero attached hydrogens (tertiary/aromatic N) is 1. The molecule has 0 saturated carbocycles. The summed E-state index contributed by atoms with van der Waals surface area (Å²) in [5.74, 6) is 0. The van der Waals surface area contributed by atoms with Crippen molar-refractivity contribution in [1.82, 2.24) is 9.88 Å². The Kier molecular flexibility index (Phi) is 4.34. The van der Waals surface area contributed by atoms with Crippen LogP contribution in [0.2, 0.25) is 0 Å². The van der Waals surface area contributed by atoms with Crippen molar-refractivity contribution in [2.75, 3.05) is 13.1 Å². The number of benzene rings is 1. The number of fused-ring (bicyclic) bond motifs is 1. The van der Waals surface area contributed by atoms with E-state index in [-0.39, 0.29) is 5.43 Å². The van der Waals surface area contributed by atoms with E-state index in [9.17, 15) is 4.79 Å². The van der Waals surface area contributed by atoms with Crippen LogP contribution in [0.5, 0.6) is 0 Å². The molecule has 1 aromatic heterocycles. The number of rotatable bonds is 2. The molecule has 1 N–H and O–H groups in total. The highest BCUT2D eigenvalue weighted by molar-refractivity contribution is 5.83. The maximum absolute atomic E-state index is 13.0. The Morgan fingerprint density at radius 3 is 2.41 bits per heavy atom. The van der Waals surface area contributed by atoms with Crippen molar-refractivity contribution < 1.29 is 0 Å². The molecular formula is C19H26N2O. The zero-order valence-corrected chi connectivity index (χ0v) is 14.0. The van der Waals surface area contributed by atoms with Crippen LogP contribution in [0.4, 0.5) is 0 Å². The topological polar surface area (TPSA) is 36.1 Å². The van der Waals surface area contributed by atoms with Crippen LogP contribution < -0.4 is 5.43 Å². The molecule has 0 unspecified atom stereocenters. The van der Waals surface area contributed by atoms with Crippen molar-refractivity contribution in [2.45, 2.75) is 53.0 Å². The maximum atomic E-state index is 13.0. The molecule has 1 aliphatic heterocycles. The lowest BCUT2D eigenvalue weighted by molar-refractivity contribution is 0.275. The molecule has 0 bridgehead atoms. The normalized spacial score (nSPS) is 16.9. The van der Waals surface area contributed by atoms with Gasteiger partial charge >= 0.3 is 0 Å². The van der Waals surface area contributed by atoms with Gasteiger partial charge in [-0.05, 0) is 63.9 Å². The SMILES string of the molecule is Cc1cc(C)c2c(=O)c(CN3CCCCCC3)c(C)[nH]c2c1. The first-order chi connectivity index (χ1) is 10.6. The van der Waals surface area contributed by atoms with E-state index in [1.165, 1.54) is 31.2 Å². The Labute approximate surface area is 132 Å². The molecule has 1 aliphatic rings. The molecule has 118 valence electrons. The Morgan fingerprint density at radius 2 is 1.73 bits per heavy atom. The average Bonchev–Trinajstić information content (AvgIpc) is 2.70. The molecule has 22 heavy (non-hydrogen) atoms. The van der Waals surface area contributed by atoms with Gasteiger partial charge in [0.15, 0.2) is 5.43 Å². The van der Waals surface area contributed by atoms with Crippen molar-refractivity contribution in [1.29, 1.82) is 0 Å². The molecule has 3 heteroatoms. The van der Waals surface area contributed by atoms with Crippen molar-refractivity contribution in [3.05, 3.63) is 44.7 Å². The molecule has 3 nitrogen and oxygen atoms in total. The van der Waals surface area contributed by atoms with Gasteiger partial charge in [0.05, 0.1) is 5.52 Å². The zero-order chi connectivity index (χ0) is 15.7. The minimum atomic E-state index is 0.216. The number of nitrogens with one attached hydrogen (secondary N) is 1. The fraction of sp³-hybridized carbons (Fsp3) is 0.526. The third kappa shape index (κ3) is 2.95. The molecule has 1 aromatic carbocycles. The molecule has 0 radical (unpaired) electrons. The van der Waals surface area contributed by atoms with Crippen molar-refractivity contribution in [2.24, 2.45) is 0 Å². The van der Waals surface area contributed by atoms with Crippen molar-refractivity contribution in [3.8, 4) is 0 Å². The summed E-state index contributed by atoms with van der Waals surface area (Å²) < 4.78 is 0. The van der Waals surface area contributed by atoms with Gasteiger partial charge in [0.2, 0.25) is 0 Å². The second-order valence-corrected chi connectivity index (χ2v) is 6.75. The van der Waals surface area contributed by atoms with E-state index in [0.29, 0.717) is 0 Å². The smallest absolute Gasteiger partial charge is 0.194 e. The highest BCUT2D eigenvalue weighted by Gasteiger charge is 2.16. The largest absolute Gasteiger partial charge is 0.358 e. The van der Waals surface area contributed by atoms with Crippen LogP contribution in [-0.2, 0) is 6.54 Å².